The Labute approximate surface area is 92.9 Å². The molecular weight excluding hydrogens is 236 g/mol. The van der Waals surface area contributed by atoms with Crippen LogP contribution in [0.2, 0.25) is 0 Å². The van der Waals surface area contributed by atoms with E-state index < -0.39 is 27.3 Å². The molecular formula is C8H12N2O5S. The number of carbonyl (C=O) groups excluding carboxylic acids is 2. The second-order valence-electron chi connectivity index (χ2n) is 3.07. The monoisotopic (exact) mass is 248 g/mol. The normalized spacial score (nSPS) is 22.4. The SMILES string of the molecule is C=CC(=O)NCC(=O)OC1CCNS1(=O)=O. The molecule has 1 rings (SSSR count). The largest absolute Gasteiger partial charge is 0.443 e. The van der Waals surface area contributed by atoms with Crippen LogP contribution in [0.5, 0.6) is 0 Å². The summed E-state index contributed by atoms with van der Waals surface area (Å²) in [5.41, 5.74) is -1.17. The van der Waals surface area contributed by atoms with Crippen molar-refractivity contribution in [3.63, 3.8) is 0 Å². The lowest BCUT2D eigenvalue weighted by Crippen LogP contribution is -2.34. The Kier molecular flexibility index (Phi) is 4.02. The second kappa shape index (κ2) is 5.08. The summed E-state index contributed by atoms with van der Waals surface area (Å²) in [6, 6.07) is 0. The summed E-state index contributed by atoms with van der Waals surface area (Å²) in [5.74, 6) is -1.32. The minimum absolute atomic E-state index is 0.212. The predicted molar refractivity (Wildman–Crippen MR) is 54.6 cm³/mol. The van der Waals surface area contributed by atoms with Gasteiger partial charge in [-0.05, 0) is 6.08 Å². The number of sulfonamides is 1. The molecule has 0 saturated carbocycles. The van der Waals surface area contributed by atoms with Crippen LogP contribution in [0.1, 0.15) is 6.42 Å². The average Bonchev–Trinajstić information content (AvgIpc) is 2.55. The van der Waals surface area contributed by atoms with Gasteiger partial charge in [-0.25, -0.2) is 13.1 Å². The van der Waals surface area contributed by atoms with Crippen LogP contribution in [0, 0.1) is 0 Å². The Balaban J connectivity index is 2.40. The Morgan fingerprint density at radius 3 is 2.75 bits per heavy atom. The third-order valence-electron chi connectivity index (χ3n) is 1.88. The van der Waals surface area contributed by atoms with E-state index in [0.29, 0.717) is 0 Å². The molecule has 0 bridgehead atoms. The molecule has 0 aromatic heterocycles. The lowest BCUT2D eigenvalue weighted by Gasteiger charge is -2.10. The number of rotatable bonds is 4. The molecule has 1 atom stereocenters. The molecule has 1 unspecified atom stereocenters. The van der Waals surface area contributed by atoms with Gasteiger partial charge in [0.1, 0.15) is 6.54 Å². The second-order valence-corrected chi connectivity index (χ2v) is 4.97. The maximum absolute atomic E-state index is 11.2. The highest BCUT2D eigenvalue weighted by Crippen LogP contribution is 2.12. The molecule has 90 valence electrons. The van der Waals surface area contributed by atoms with Crippen molar-refractivity contribution >= 4 is 21.9 Å². The fraction of sp³-hybridized carbons (Fsp3) is 0.500. The van der Waals surface area contributed by atoms with E-state index in [1.54, 1.807) is 0 Å². The summed E-state index contributed by atoms with van der Waals surface area (Å²) in [5, 5.41) is 2.19. The molecule has 1 amide bonds. The smallest absolute Gasteiger partial charge is 0.326 e. The van der Waals surface area contributed by atoms with E-state index in [4.69, 9.17) is 0 Å². The fourth-order valence-corrected chi connectivity index (χ4v) is 2.36. The lowest BCUT2D eigenvalue weighted by atomic mass is 10.4. The topological polar surface area (TPSA) is 102 Å². The number of ether oxygens (including phenoxy) is 1. The van der Waals surface area contributed by atoms with Crippen LogP contribution in [0.4, 0.5) is 0 Å². The van der Waals surface area contributed by atoms with E-state index in [1.807, 2.05) is 0 Å². The van der Waals surface area contributed by atoms with E-state index in [0.717, 1.165) is 6.08 Å². The number of esters is 1. The van der Waals surface area contributed by atoms with Gasteiger partial charge in [0.05, 0.1) is 0 Å². The average molecular weight is 248 g/mol. The zero-order chi connectivity index (χ0) is 12.2. The third-order valence-corrected chi connectivity index (χ3v) is 3.52. The lowest BCUT2D eigenvalue weighted by molar-refractivity contribution is -0.145. The van der Waals surface area contributed by atoms with E-state index in [9.17, 15) is 18.0 Å². The number of nitrogens with one attached hydrogen (secondary N) is 2. The van der Waals surface area contributed by atoms with Gasteiger partial charge in [0, 0.05) is 13.0 Å². The Morgan fingerprint density at radius 2 is 2.25 bits per heavy atom. The van der Waals surface area contributed by atoms with E-state index in [1.165, 1.54) is 0 Å². The molecule has 0 aromatic rings. The molecule has 1 heterocycles. The highest BCUT2D eigenvalue weighted by atomic mass is 32.2. The van der Waals surface area contributed by atoms with Crippen molar-refractivity contribution in [2.45, 2.75) is 11.9 Å². The zero-order valence-electron chi connectivity index (χ0n) is 8.43. The number of amides is 1. The zero-order valence-corrected chi connectivity index (χ0v) is 9.25. The van der Waals surface area contributed by atoms with Gasteiger partial charge in [-0.1, -0.05) is 6.58 Å². The number of carbonyl (C=O) groups is 2. The van der Waals surface area contributed by atoms with Crippen LogP contribution in [0.3, 0.4) is 0 Å². The van der Waals surface area contributed by atoms with Gasteiger partial charge < -0.3 is 10.1 Å². The van der Waals surface area contributed by atoms with Gasteiger partial charge in [0.15, 0.2) is 0 Å². The minimum atomic E-state index is -3.55. The number of hydrogen-bond donors (Lipinski definition) is 2. The highest BCUT2D eigenvalue weighted by Gasteiger charge is 2.34. The summed E-state index contributed by atoms with van der Waals surface area (Å²) < 4.78 is 29.3. The van der Waals surface area contributed by atoms with Gasteiger partial charge in [-0.3, -0.25) is 9.59 Å². The molecule has 7 nitrogen and oxygen atoms in total. The van der Waals surface area contributed by atoms with Gasteiger partial charge >= 0.3 is 5.97 Å². The molecule has 16 heavy (non-hydrogen) atoms. The van der Waals surface area contributed by atoms with Crippen molar-refractivity contribution in [2.24, 2.45) is 0 Å². The van der Waals surface area contributed by atoms with Crippen molar-refractivity contribution in [1.29, 1.82) is 0 Å². The Morgan fingerprint density at radius 1 is 1.56 bits per heavy atom. The summed E-state index contributed by atoms with van der Waals surface area (Å²) in [7, 11) is -3.55. The molecule has 1 fully saturated rings. The highest BCUT2D eigenvalue weighted by molar-refractivity contribution is 7.90. The summed E-state index contributed by atoms with van der Waals surface area (Å²) in [6.45, 7) is 3.07. The molecule has 1 aliphatic rings. The minimum Gasteiger partial charge on any atom is -0.443 e. The van der Waals surface area contributed by atoms with E-state index in [2.05, 4.69) is 21.4 Å². The first-order chi connectivity index (χ1) is 7.45. The maximum Gasteiger partial charge on any atom is 0.326 e. The maximum atomic E-state index is 11.2. The molecule has 0 spiro atoms. The van der Waals surface area contributed by atoms with Crippen molar-refractivity contribution in [2.75, 3.05) is 13.1 Å². The molecule has 2 N–H and O–H groups in total. The molecule has 8 heteroatoms. The predicted octanol–water partition coefficient (Wildman–Crippen LogP) is -1.52. The van der Waals surface area contributed by atoms with E-state index >= 15 is 0 Å². The van der Waals surface area contributed by atoms with Crippen LogP contribution in [0.25, 0.3) is 0 Å². The summed E-state index contributed by atoms with van der Waals surface area (Å²) >= 11 is 0. The van der Waals surface area contributed by atoms with Crippen molar-refractivity contribution in [3.8, 4) is 0 Å². The van der Waals surface area contributed by atoms with Gasteiger partial charge in [0.2, 0.25) is 21.4 Å². The molecule has 0 aliphatic carbocycles. The first kappa shape index (κ1) is 12.7. The Hall–Kier alpha value is -1.41. The number of hydrogen-bond acceptors (Lipinski definition) is 5. The molecule has 1 aliphatic heterocycles. The molecule has 0 radical (unpaired) electrons. The Bertz CT molecular complexity index is 403. The van der Waals surface area contributed by atoms with Gasteiger partial charge in [-0.2, -0.15) is 0 Å². The summed E-state index contributed by atoms with van der Waals surface area (Å²) in [6.07, 6.45) is 1.21. The first-order valence-electron chi connectivity index (χ1n) is 4.54. The van der Waals surface area contributed by atoms with Crippen molar-refractivity contribution < 1.29 is 22.7 Å². The van der Waals surface area contributed by atoms with Gasteiger partial charge in [0.25, 0.3) is 0 Å². The third kappa shape index (κ3) is 3.31. The van der Waals surface area contributed by atoms with Crippen LogP contribution in [-0.4, -0.2) is 38.8 Å². The standard InChI is InChI=1S/C8H12N2O5S/c1-2-6(11)9-5-7(12)15-8-3-4-10-16(8,13)14/h2,8,10H,1,3-5H2,(H,9,11). The van der Waals surface area contributed by atoms with Gasteiger partial charge in [-0.15, -0.1) is 0 Å². The van der Waals surface area contributed by atoms with Crippen molar-refractivity contribution in [3.05, 3.63) is 12.7 Å². The van der Waals surface area contributed by atoms with Crippen LogP contribution >= 0.6 is 0 Å². The van der Waals surface area contributed by atoms with Crippen molar-refractivity contribution in [1.82, 2.24) is 10.0 Å². The fourth-order valence-electron chi connectivity index (χ4n) is 1.11. The van der Waals surface area contributed by atoms with Crippen LogP contribution < -0.4 is 10.0 Å². The quantitative estimate of drug-likeness (QED) is 0.465. The summed E-state index contributed by atoms with van der Waals surface area (Å²) in [4.78, 5) is 21.9. The molecule has 1 saturated heterocycles. The first-order valence-corrected chi connectivity index (χ1v) is 6.08. The van der Waals surface area contributed by atoms with Crippen LogP contribution in [-0.2, 0) is 24.3 Å². The molecule has 0 aromatic carbocycles. The van der Waals surface area contributed by atoms with E-state index in [-0.39, 0.29) is 19.5 Å². The van der Waals surface area contributed by atoms with Crippen LogP contribution in [0.15, 0.2) is 12.7 Å².